The SMILES string of the molecule is CN1CC[C@@]2(CC[C@H](c3cccc(-c4cc(F)ccc4F)c3)N2)C1=O. The minimum Gasteiger partial charge on any atom is -0.344 e. The van der Waals surface area contributed by atoms with Crippen LogP contribution in [0.2, 0.25) is 0 Å². The first-order chi connectivity index (χ1) is 12.0. The monoisotopic (exact) mass is 342 g/mol. The van der Waals surface area contributed by atoms with Gasteiger partial charge in [0.25, 0.3) is 0 Å². The lowest BCUT2D eigenvalue weighted by molar-refractivity contribution is -0.131. The van der Waals surface area contributed by atoms with Gasteiger partial charge in [0, 0.05) is 25.2 Å². The minimum absolute atomic E-state index is 0.0482. The average Bonchev–Trinajstić information content (AvgIpc) is 3.17. The third-order valence-corrected chi connectivity index (χ3v) is 5.47. The van der Waals surface area contributed by atoms with E-state index < -0.39 is 17.2 Å². The molecular weight excluding hydrogens is 322 g/mol. The zero-order valence-electron chi connectivity index (χ0n) is 14.1. The van der Waals surface area contributed by atoms with E-state index in [0.29, 0.717) is 5.56 Å². The van der Waals surface area contributed by atoms with E-state index in [4.69, 9.17) is 0 Å². The van der Waals surface area contributed by atoms with Crippen LogP contribution in [0.3, 0.4) is 0 Å². The lowest BCUT2D eigenvalue weighted by atomic mass is 9.95. The first-order valence-electron chi connectivity index (χ1n) is 8.57. The summed E-state index contributed by atoms with van der Waals surface area (Å²) in [5, 5.41) is 3.51. The summed E-state index contributed by atoms with van der Waals surface area (Å²) in [6.45, 7) is 0.771. The highest BCUT2D eigenvalue weighted by atomic mass is 19.1. The molecule has 0 unspecified atom stereocenters. The van der Waals surface area contributed by atoms with E-state index in [9.17, 15) is 13.6 Å². The van der Waals surface area contributed by atoms with Crippen LogP contribution in [0.1, 0.15) is 30.9 Å². The first kappa shape index (κ1) is 16.2. The minimum atomic E-state index is -0.459. The summed E-state index contributed by atoms with van der Waals surface area (Å²) in [5.41, 5.74) is 1.44. The largest absolute Gasteiger partial charge is 0.344 e. The third kappa shape index (κ3) is 2.72. The standard InChI is InChI=1S/C20H20F2N2O/c1-24-10-9-20(19(24)25)8-7-18(23-20)14-4-2-3-13(11-14)16-12-15(21)5-6-17(16)22/h2-6,11-12,18,23H,7-10H2,1H3/t18-,20+/m1/s1. The van der Waals surface area contributed by atoms with Crippen molar-refractivity contribution in [3.63, 3.8) is 0 Å². The molecule has 2 saturated heterocycles. The zero-order chi connectivity index (χ0) is 17.6. The van der Waals surface area contributed by atoms with Crippen molar-refractivity contribution in [3.8, 4) is 11.1 Å². The predicted molar refractivity (Wildman–Crippen MR) is 91.9 cm³/mol. The number of halogens is 2. The molecule has 2 fully saturated rings. The fraction of sp³-hybridized carbons (Fsp3) is 0.350. The molecule has 2 aliphatic rings. The molecule has 3 nitrogen and oxygen atoms in total. The van der Waals surface area contributed by atoms with Gasteiger partial charge in [-0.1, -0.05) is 18.2 Å². The summed E-state index contributed by atoms with van der Waals surface area (Å²) in [7, 11) is 1.83. The maximum atomic E-state index is 14.1. The van der Waals surface area contributed by atoms with Crippen LogP contribution in [0.15, 0.2) is 42.5 Å². The number of carbonyl (C=O) groups is 1. The number of nitrogens with zero attached hydrogens (tertiary/aromatic N) is 1. The van der Waals surface area contributed by atoms with Crippen LogP contribution in [0.4, 0.5) is 8.78 Å². The van der Waals surface area contributed by atoms with Crippen molar-refractivity contribution in [2.45, 2.75) is 30.8 Å². The topological polar surface area (TPSA) is 32.3 Å². The van der Waals surface area contributed by atoms with Crippen LogP contribution in [0.25, 0.3) is 11.1 Å². The molecule has 1 N–H and O–H groups in total. The third-order valence-electron chi connectivity index (χ3n) is 5.47. The van der Waals surface area contributed by atoms with Gasteiger partial charge in [0.05, 0.1) is 0 Å². The highest BCUT2D eigenvalue weighted by molar-refractivity contribution is 5.88. The van der Waals surface area contributed by atoms with Crippen LogP contribution in [0, 0.1) is 11.6 Å². The van der Waals surface area contributed by atoms with E-state index in [1.165, 1.54) is 6.07 Å². The van der Waals surface area contributed by atoms with Gasteiger partial charge in [-0.05, 0) is 54.7 Å². The van der Waals surface area contributed by atoms with Crippen LogP contribution >= 0.6 is 0 Å². The van der Waals surface area contributed by atoms with Crippen LogP contribution in [0.5, 0.6) is 0 Å². The van der Waals surface area contributed by atoms with Gasteiger partial charge in [0.2, 0.25) is 5.91 Å². The van der Waals surface area contributed by atoms with E-state index in [2.05, 4.69) is 5.32 Å². The Hall–Kier alpha value is -2.27. The van der Waals surface area contributed by atoms with Crippen molar-refractivity contribution in [1.82, 2.24) is 10.2 Å². The number of carbonyl (C=O) groups excluding carboxylic acids is 1. The summed E-state index contributed by atoms with van der Waals surface area (Å²) in [4.78, 5) is 14.2. The van der Waals surface area contributed by atoms with Gasteiger partial charge in [0.15, 0.2) is 0 Å². The lowest BCUT2D eigenvalue weighted by Gasteiger charge is -2.23. The Morgan fingerprint density at radius 2 is 2.00 bits per heavy atom. The Balaban J connectivity index is 1.63. The number of hydrogen-bond donors (Lipinski definition) is 1. The number of nitrogens with one attached hydrogen (secondary N) is 1. The first-order valence-corrected chi connectivity index (χ1v) is 8.57. The Bertz CT molecular complexity index is 838. The number of likely N-dealkylation sites (N-methyl/N-ethyl adjacent to an activating group) is 1. The molecule has 0 radical (unpaired) electrons. The summed E-state index contributed by atoms with van der Waals surface area (Å²) in [6.07, 6.45) is 2.48. The van der Waals surface area contributed by atoms with E-state index in [0.717, 1.165) is 43.5 Å². The molecule has 25 heavy (non-hydrogen) atoms. The molecule has 5 heteroatoms. The van der Waals surface area contributed by atoms with Crippen LogP contribution in [-0.2, 0) is 4.79 Å². The van der Waals surface area contributed by atoms with E-state index >= 15 is 0 Å². The molecule has 0 aliphatic carbocycles. The molecule has 1 amide bonds. The molecule has 130 valence electrons. The Morgan fingerprint density at radius 1 is 1.16 bits per heavy atom. The predicted octanol–water partition coefficient (Wildman–Crippen LogP) is 3.66. The summed E-state index contributed by atoms with van der Waals surface area (Å²) < 4.78 is 27.6. The molecule has 4 rings (SSSR count). The molecule has 2 aromatic rings. The maximum absolute atomic E-state index is 14.1. The fourth-order valence-corrected chi connectivity index (χ4v) is 4.06. The summed E-state index contributed by atoms with van der Waals surface area (Å²) in [6, 6.07) is 11.0. The van der Waals surface area contributed by atoms with Crippen molar-refractivity contribution in [2.75, 3.05) is 13.6 Å². The molecule has 1 spiro atoms. The molecule has 0 saturated carbocycles. The molecule has 2 aromatic carbocycles. The Kier molecular flexibility index (Phi) is 3.84. The van der Waals surface area contributed by atoms with Gasteiger partial charge < -0.3 is 4.90 Å². The average molecular weight is 342 g/mol. The van der Waals surface area contributed by atoms with E-state index in [-0.39, 0.29) is 17.5 Å². The van der Waals surface area contributed by atoms with Gasteiger partial charge in [-0.2, -0.15) is 0 Å². The number of hydrogen-bond acceptors (Lipinski definition) is 2. The van der Waals surface area contributed by atoms with E-state index in [1.54, 1.807) is 11.0 Å². The van der Waals surface area contributed by atoms with Gasteiger partial charge in [-0.25, -0.2) is 8.78 Å². The van der Waals surface area contributed by atoms with Crippen molar-refractivity contribution < 1.29 is 13.6 Å². The van der Waals surface area contributed by atoms with Crippen molar-refractivity contribution in [2.24, 2.45) is 0 Å². The molecule has 2 aliphatic heterocycles. The smallest absolute Gasteiger partial charge is 0.242 e. The fourth-order valence-electron chi connectivity index (χ4n) is 4.06. The Labute approximate surface area is 145 Å². The number of amides is 1. The highest BCUT2D eigenvalue weighted by Crippen LogP contribution is 2.39. The van der Waals surface area contributed by atoms with Crippen molar-refractivity contribution >= 4 is 5.91 Å². The Morgan fingerprint density at radius 3 is 2.76 bits per heavy atom. The summed E-state index contributed by atoms with van der Waals surface area (Å²) in [5.74, 6) is -0.747. The van der Waals surface area contributed by atoms with Crippen molar-refractivity contribution in [1.29, 1.82) is 0 Å². The number of likely N-dealkylation sites (tertiary alicyclic amines) is 1. The molecular formula is C20H20F2N2O. The quantitative estimate of drug-likeness (QED) is 0.903. The number of rotatable bonds is 2. The van der Waals surface area contributed by atoms with Crippen molar-refractivity contribution in [3.05, 3.63) is 59.7 Å². The zero-order valence-corrected chi connectivity index (χ0v) is 14.1. The summed E-state index contributed by atoms with van der Waals surface area (Å²) >= 11 is 0. The molecule has 0 aromatic heterocycles. The lowest BCUT2D eigenvalue weighted by Crippen LogP contribution is -2.47. The maximum Gasteiger partial charge on any atom is 0.242 e. The molecule has 2 heterocycles. The van der Waals surface area contributed by atoms with E-state index in [1.807, 2.05) is 25.2 Å². The molecule has 0 bridgehead atoms. The molecule has 2 atom stereocenters. The second-order valence-corrected chi connectivity index (χ2v) is 7.04. The normalized spacial score (nSPS) is 26.0. The second kappa shape index (κ2) is 5.92. The highest BCUT2D eigenvalue weighted by Gasteiger charge is 2.49. The van der Waals surface area contributed by atoms with Gasteiger partial charge in [0.1, 0.15) is 17.2 Å². The van der Waals surface area contributed by atoms with Gasteiger partial charge in [-0.3, -0.25) is 10.1 Å². The van der Waals surface area contributed by atoms with Crippen LogP contribution < -0.4 is 5.32 Å². The van der Waals surface area contributed by atoms with Gasteiger partial charge >= 0.3 is 0 Å². The van der Waals surface area contributed by atoms with Gasteiger partial charge in [-0.15, -0.1) is 0 Å². The number of benzene rings is 2. The second-order valence-electron chi connectivity index (χ2n) is 7.04. The van der Waals surface area contributed by atoms with Crippen LogP contribution in [-0.4, -0.2) is 29.9 Å².